The molecule has 0 bridgehead atoms. The largest absolute Gasteiger partial charge is 0.497 e. The zero-order chi connectivity index (χ0) is 14.7. The van der Waals surface area contributed by atoms with E-state index in [1.807, 2.05) is 0 Å². The number of hydrogen-bond donors (Lipinski definition) is 1. The molecule has 0 saturated heterocycles. The quantitative estimate of drug-likeness (QED) is 0.856. The zero-order valence-electron chi connectivity index (χ0n) is 10.3. The minimum atomic E-state index is -5.19. The molecule has 0 aliphatic carbocycles. The number of hydrogen-bond acceptors (Lipinski definition) is 4. The van der Waals surface area contributed by atoms with E-state index in [0.717, 1.165) is 12.1 Å². The second kappa shape index (κ2) is 5.48. The topological polar surface area (TPSA) is 55.8 Å². The van der Waals surface area contributed by atoms with Crippen LogP contribution in [0.2, 0.25) is 0 Å². The maximum Gasteiger partial charge on any atom is 0.432 e. The highest BCUT2D eigenvalue weighted by Gasteiger charge is 2.62. The Hall–Kier alpha value is -1.76. The van der Waals surface area contributed by atoms with Crippen molar-refractivity contribution in [2.45, 2.75) is 18.7 Å². The first kappa shape index (κ1) is 15.3. The van der Waals surface area contributed by atoms with Crippen molar-refractivity contribution >= 4 is 5.97 Å². The molecule has 0 amide bonds. The Labute approximate surface area is 107 Å². The molecule has 4 nitrogen and oxygen atoms in total. The van der Waals surface area contributed by atoms with Crippen molar-refractivity contribution in [2.75, 3.05) is 13.7 Å². The monoisotopic (exact) mass is 278 g/mol. The van der Waals surface area contributed by atoms with Crippen molar-refractivity contribution < 1.29 is 32.5 Å². The number of halogens is 3. The van der Waals surface area contributed by atoms with Crippen LogP contribution in [0.3, 0.4) is 0 Å². The highest BCUT2D eigenvalue weighted by molar-refractivity contribution is 5.82. The summed E-state index contributed by atoms with van der Waals surface area (Å²) in [4.78, 5) is 11.4. The molecule has 1 rings (SSSR count). The lowest BCUT2D eigenvalue weighted by molar-refractivity contribution is -0.267. The minimum absolute atomic E-state index is 0.270. The number of carbonyl (C=O) groups is 1. The average Bonchev–Trinajstić information content (AvgIpc) is 2.36. The van der Waals surface area contributed by atoms with Crippen LogP contribution in [0.5, 0.6) is 5.75 Å². The zero-order valence-corrected chi connectivity index (χ0v) is 10.3. The van der Waals surface area contributed by atoms with Crippen molar-refractivity contribution in [2.24, 2.45) is 0 Å². The number of benzene rings is 1. The summed E-state index contributed by atoms with van der Waals surface area (Å²) in [5, 5.41) is 9.74. The third kappa shape index (κ3) is 2.81. The maximum atomic E-state index is 13.0. The molecule has 0 heterocycles. The van der Waals surface area contributed by atoms with Gasteiger partial charge in [0.25, 0.3) is 5.60 Å². The number of methoxy groups -OCH3 is 1. The van der Waals surface area contributed by atoms with Gasteiger partial charge in [-0.3, -0.25) is 0 Å². The first-order chi connectivity index (χ1) is 8.77. The minimum Gasteiger partial charge on any atom is -0.497 e. The van der Waals surface area contributed by atoms with E-state index in [2.05, 4.69) is 4.74 Å². The number of rotatable bonds is 4. The molecule has 1 aromatic rings. The van der Waals surface area contributed by atoms with E-state index in [0.29, 0.717) is 5.75 Å². The molecule has 0 aliphatic rings. The van der Waals surface area contributed by atoms with Crippen molar-refractivity contribution in [3.05, 3.63) is 29.8 Å². The van der Waals surface area contributed by atoms with Crippen LogP contribution in [0.15, 0.2) is 24.3 Å². The van der Waals surface area contributed by atoms with E-state index in [9.17, 15) is 23.1 Å². The normalized spacial score (nSPS) is 14.6. The van der Waals surface area contributed by atoms with Crippen LogP contribution < -0.4 is 4.74 Å². The Morgan fingerprint density at radius 2 is 1.79 bits per heavy atom. The summed E-state index contributed by atoms with van der Waals surface area (Å²) in [6.07, 6.45) is -5.19. The molecule has 1 N–H and O–H groups in total. The lowest BCUT2D eigenvalue weighted by atomic mass is 9.93. The van der Waals surface area contributed by atoms with Crippen LogP contribution >= 0.6 is 0 Å². The van der Waals surface area contributed by atoms with Crippen LogP contribution in [0.25, 0.3) is 0 Å². The summed E-state index contributed by atoms with van der Waals surface area (Å²) in [5.41, 5.74) is -4.31. The molecule has 7 heteroatoms. The van der Waals surface area contributed by atoms with E-state index in [1.165, 1.54) is 26.2 Å². The summed E-state index contributed by atoms with van der Waals surface area (Å²) in [7, 11) is 1.34. The first-order valence-corrected chi connectivity index (χ1v) is 5.38. The summed E-state index contributed by atoms with van der Waals surface area (Å²) >= 11 is 0. The Balaban J connectivity index is 3.27. The van der Waals surface area contributed by atoms with Crippen LogP contribution in [-0.2, 0) is 15.1 Å². The molecule has 19 heavy (non-hydrogen) atoms. The van der Waals surface area contributed by atoms with E-state index in [-0.39, 0.29) is 6.61 Å². The lowest BCUT2D eigenvalue weighted by Gasteiger charge is -2.28. The van der Waals surface area contributed by atoms with Gasteiger partial charge in [0.2, 0.25) is 0 Å². The molecule has 0 aliphatic heterocycles. The number of carbonyl (C=O) groups excluding carboxylic acids is 1. The number of alkyl halides is 3. The Morgan fingerprint density at radius 1 is 1.26 bits per heavy atom. The predicted octanol–water partition coefficient (Wildman–Crippen LogP) is 2.01. The summed E-state index contributed by atoms with van der Waals surface area (Å²) in [5.74, 6) is -1.45. The molecule has 0 unspecified atom stereocenters. The van der Waals surface area contributed by atoms with Gasteiger partial charge in [0.15, 0.2) is 0 Å². The van der Waals surface area contributed by atoms with Gasteiger partial charge in [0, 0.05) is 5.56 Å². The second-order valence-corrected chi connectivity index (χ2v) is 3.66. The Kier molecular flexibility index (Phi) is 4.41. The number of esters is 1. The standard InChI is InChI=1S/C12H13F3O4/c1-3-19-10(16)11(17,12(13,14)15)8-4-6-9(18-2)7-5-8/h4-7,17H,3H2,1-2H3/t11-/m1/s1. The smallest absolute Gasteiger partial charge is 0.432 e. The Bertz CT molecular complexity index is 441. The molecule has 0 radical (unpaired) electrons. The number of aliphatic hydroxyl groups is 1. The van der Waals surface area contributed by atoms with Crippen LogP contribution in [0.4, 0.5) is 13.2 Å². The molecular formula is C12H13F3O4. The summed E-state index contributed by atoms with van der Waals surface area (Å²) in [6, 6.07) is 4.35. The van der Waals surface area contributed by atoms with Crippen LogP contribution in [0, 0.1) is 0 Å². The first-order valence-electron chi connectivity index (χ1n) is 5.38. The van der Waals surface area contributed by atoms with Gasteiger partial charge in [0.1, 0.15) is 5.75 Å². The van der Waals surface area contributed by atoms with Crippen molar-refractivity contribution in [1.82, 2.24) is 0 Å². The molecule has 0 aromatic heterocycles. The van der Waals surface area contributed by atoms with Gasteiger partial charge in [-0.25, -0.2) is 4.79 Å². The van der Waals surface area contributed by atoms with Crippen molar-refractivity contribution in [3.8, 4) is 5.75 Å². The molecule has 0 fully saturated rings. The summed E-state index contributed by atoms with van der Waals surface area (Å²) < 4.78 is 48.0. The van der Waals surface area contributed by atoms with E-state index in [4.69, 9.17) is 4.74 Å². The second-order valence-electron chi connectivity index (χ2n) is 3.66. The average molecular weight is 278 g/mol. The lowest BCUT2D eigenvalue weighted by Crippen LogP contribution is -2.50. The fraction of sp³-hybridized carbons (Fsp3) is 0.417. The fourth-order valence-electron chi connectivity index (χ4n) is 1.47. The molecule has 0 saturated carbocycles. The van der Waals surface area contributed by atoms with Crippen molar-refractivity contribution in [3.63, 3.8) is 0 Å². The van der Waals surface area contributed by atoms with Crippen LogP contribution in [0.1, 0.15) is 12.5 Å². The molecule has 106 valence electrons. The van der Waals surface area contributed by atoms with Gasteiger partial charge in [-0.15, -0.1) is 0 Å². The third-order valence-corrected chi connectivity index (χ3v) is 2.49. The van der Waals surface area contributed by atoms with Gasteiger partial charge in [-0.1, -0.05) is 12.1 Å². The third-order valence-electron chi connectivity index (χ3n) is 2.49. The van der Waals surface area contributed by atoms with Gasteiger partial charge >= 0.3 is 12.1 Å². The van der Waals surface area contributed by atoms with Gasteiger partial charge in [0.05, 0.1) is 13.7 Å². The molecule has 0 spiro atoms. The van der Waals surface area contributed by atoms with E-state index < -0.39 is 23.3 Å². The SMILES string of the molecule is CCOC(=O)[C@](O)(c1ccc(OC)cc1)C(F)(F)F. The van der Waals surface area contributed by atoms with Crippen molar-refractivity contribution in [1.29, 1.82) is 0 Å². The molecular weight excluding hydrogens is 265 g/mol. The highest BCUT2D eigenvalue weighted by atomic mass is 19.4. The van der Waals surface area contributed by atoms with Crippen LogP contribution in [-0.4, -0.2) is 31.0 Å². The predicted molar refractivity (Wildman–Crippen MR) is 59.6 cm³/mol. The van der Waals surface area contributed by atoms with Gasteiger partial charge < -0.3 is 14.6 Å². The number of ether oxygens (including phenoxy) is 2. The fourth-order valence-corrected chi connectivity index (χ4v) is 1.47. The van der Waals surface area contributed by atoms with Gasteiger partial charge in [-0.05, 0) is 19.1 Å². The van der Waals surface area contributed by atoms with Gasteiger partial charge in [-0.2, -0.15) is 13.2 Å². The van der Waals surface area contributed by atoms with E-state index in [1.54, 1.807) is 0 Å². The molecule has 1 atom stereocenters. The summed E-state index contributed by atoms with van der Waals surface area (Å²) in [6.45, 7) is 1.08. The maximum absolute atomic E-state index is 13.0. The molecule has 1 aromatic carbocycles. The highest BCUT2D eigenvalue weighted by Crippen LogP contribution is 2.40. The van der Waals surface area contributed by atoms with E-state index >= 15 is 0 Å². The Morgan fingerprint density at radius 3 is 2.16 bits per heavy atom.